The van der Waals surface area contributed by atoms with Crippen molar-refractivity contribution in [2.45, 2.75) is 53.6 Å². The van der Waals surface area contributed by atoms with E-state index in [1.165, 1.54) is 0 Å². The van der Waals surface area contributed by atoms with Gasteiger partial charge in [0.05, 0.1) is 0 Å². The van der Waals surface area contributed by atoms with Gasteiger partial charge in [0.25, 0.3) is 5.91 Å². The fourth-order valence-electron chi connectivity index (χ4n) is 4.23. The van der Waals surface area contributed by atoms with Crippen LogP contribution in [0.15, 0.2) is 72.8 Å². The number of hydrogen-bond acceptors (Lipinski definition) is 3. The molecule has 5 nitrogen and oxygen atoms in total. The third-order valence-corrected chi connectivity index (χ3v) is 5.95. The topological polar surface area (TPSA) is 58.6 Å². The van der Waals surface area contributed by atoms with Crippen molar-refractivity contribution < 1.29 is 14.3 Å². The summed E-state index contributed by atoms with van der Waals surface area (Å²) in [5.74, 6) is 0.580. The number of rotatable bonds is 11. The smallest absolute Gasteiger partial charge is 0.261 e. The Balaban J connectivity index is 1.91. The molecule has 2 amide bonds. The average molecular weight is 487 g/mol. The normalized spacial score (nSPS) is 11.7. The summed E-state index contributed by atoms with van der Waals surface area (Å²) in [5, 5.41) is 3.05. The van der Waals surface area contributed by atoms with Gasteiger partial charge in [0.15, 0.2) is 6.61 Å². The number of hydrogen-bond donors (Lipinski definition) is 1. The Morgan fingerprint density at radius 2 is 1.50 bits per heavy atom. The highest BCUT2D eigenvalue weighted by Crippen LogP contribution is 2.19. The minimum absolute atomic E-state index is 0.141. The van der Waals surface area contributed by atoms with Crippen LogP contribution in [0.2, 0.25) is 0 Å². The molecule has 0 fully saturated rings. The van der Waals surface area contributed by atoms with Crippen molar-refractivity contribution >= 4 is 11.8 Å². The zero-order valence-electron chi connectivity index (χ0n) is 22.1. The second kappa shape index (κ2) is 12.9. The Bertz CT molecular complexity index is 1140. The van der Waals surface area contributed by atoms with Crippen LogP contribution in [0.5, 0.6) is 5.75 Å². The summed E-state index contributed by atoms with van der Waals surface area (Å²) in [7, 11) is 0. The van der Waals surface area contributed by atoms with Crippen LogP contribution in [0.3, 0.4) is 0 Å². The number of benzene rings is 3. The lowest BCUT2D eigenvalue weighted by atomic mass is 10.0. The summed E-state index contributed by atoms with van der Waals surface area (Å²) >= 11 is 0. The summed E-state index contributed by atoms with van der Waals surface area (Å²) in [5.41, 5.74) is 5.23. The van der Waals surface area contributed by atoms with Gasteiger partial charge < -0.3 is 15.0 Å². The molecule has 1 atom stereocenters. The minimum Gasteiger partial charge on any atom is -0.484 e. The highest BCUT2D eigenvalue weighted by molar-refractivity contribution is 5.88. The van der Waals surface area contributed by atoms with Crippen LogP contribution in [-0.2, 0) is 22.6 Å². The number of carbonyl (C=O) groups is 2. The summed E-state index contributed by atoms with van der Waals surface area (Å²) in [4.78, 5) is 28.8. The summed E-state index contributed by atoms with van der Waals surface area (Å²) < 4.78 is 5.93. The van der Waals surface area contributed by atoms with E-state index in [0.717, 1.165) is 27.8 Å². The maximum absolute atomic E-state index is 13.7. The van der Waals surface area contributed by atoms with Gasteiger partial charge in [-0.3, -0.25) is 9.59 Å². The van der Waals surface area contributed by atoms with Gasteiger partial charge in [0, 0.05) is 19.5 Å². The van der Waals surface area contributed by atoms with E-state index in [9.17, 15) is 9.59 Å². The van der Waals surface area contributed by atoms with Gasteiger partial charge in [0.2, 0.25) is 5.91 Å². The van der Waals surface area contributed by atoms with Crippen molar-refractivity contribution in [3.05, 3.63) is 101 Å². The Labute approximate surface area is 215 Å². The van der Waals surface area contributed by atoms with Gasteiger partial charge >= 0.3 is 0 Å². The first-order chi connectivity index (χ1) is 17.2. The number of carbonyl (C=O) groups excluding carboxylic acids is 2. The molecule has 36 heavy (non-hydrogen) atoms. The van der Waals surface area contributed by atoms with Gasteiger partial charge in [-0.05, 0) is 61.1 Å². The molecule has 0 heterocycles. The first-order valence-corrected chi connectivity index (χ1v) is 12.6. The van der Waals surface area contributed by atoms with Crippen LogP contribution in [0, 0.1) is 26.7 Å². The number of aryl methyl sites for hydroxylation is 3. The highest BCUT2D eigenvalue weighted by atomic mass is 16.5. The maximum Gasteiger partial charge on any atom is 0.261 e. The van der Waals surface area contributed by atoms with E-state index in [-0.39, 0.29) is 18.4 Å². The van der Waals surface area contributed by atoms with E-state index in [1.54, 1.807) is 4.90 Å². The number of nitrogens with zero attached hydrogens (tertiary/aromatic N) is 1. The zero-order valence-corrected chi connectivity index (χ0v) is 22.1. The van der Waals surface area contributed by atoms with Crippen molar-refractivity contribution in [2.24, 2.45) is 5.92 Å². The summed E-state index contributed by atoms with van der Waals surface area (Å²) in [6.07, 6.45) is 0.422. The molecule has 0 aliphatic rings. The quantitative estimate of drug-likeness (QED) is 0.395. The summed E-state index contributed by atoms with van der Waals surface area (Å²) in [6, 6.07) is 23.1. The molecule has 0 aromatic heterocycles. The lowest BCUT2D eigenvalue weighted by Crippen LogP contribution is -2.52. The van der Waals surface area contributed by atoms with Gasteiger partial charge in [-0.1, -0.05) is 80.1 Å². The molecule has 0 saturated carbocycles. The Morgan fingerprint density at radius 3 is 2.14 bits per heavy atom. The van der Waals surface area contributed by atoms with Crippen LogP contribution < -0.4 is 10.1 Å². The SMILES string of the molecule is Cc1cccc(CN(C(=O)COc2cc(C)cc(C)c2)[C@H](Cc2ccccc2)C(=O)NCC(C)C)c1. The van der Waals surface area contributed by atoms with Crippen molar-refractivity contribution in [3.63, 3.8) is 0 Å². The molecule has 5 heteroatoms. The molecular formula is C31H38N2O3. The van der Waals surface area contributed by atoms with E-state index in [2.05, 4.69) is 31.3 Å². The highest BCUT2D eigenvalue weighted by Gasteiger charge is 2.30. The van der Waals surface area contributed by atoms with Crippen LogP contribution >= 0.6 is 0 Å². The fourth-order valence-corrected chi connectivity index (χ4v) is 4.23. The van der Waals surface area contributed by atoms with Crippen LogP contribution in [-0.4, -0.2) is 35.9 Å². The molecule has 3 aromatic carbocycles. The predicted octanol–water partition coefficient (Wildman–Crippen LogP) is 5.40. The molecule has 0 aliphatic heterocycles. The Hall–Kier alpha value is -3.60. The number of ether oxygens (including phenoxy) is 1. The molecular weight excluding hydrogens is 448 g/mol. The van der Waals surface area contributed by atoms with Gasteiger partial charge in [-0.2, -0.15) is 0 Å². The lowest BCUT2D eigenvalue weighted by Gasteiger charge is -2.32. The van der Waals surface area contributed by atoms with Crippen molar-refractivity contribution in [1.29, 1.82) is 0 Å². The first kappa shape index (κ1) is 27.0. The molecule has 1 N–H and O–H groups in total. The predicted molar refractivity (Wildman–Crippen MR) is 145 cm³/mol. The molecule has 0 unspecified atom stereocenters. The lowest BCUT2D eigenvalue weighted by molar-refractivity contribution is -0.142. The third kappa shape index (κ3) is 8.26. The number of nitrogens with one attached hydrogen (secondary N) is 1. The molecule has 0 saturated heterocycles. The second-order valence-electron chi connectivity index (χ2n) is 9.97. The molecule has 3 rings (SSSR count). The second-order valence-corrected chi connectivity index (χ2v) is 9.97. The number of amides is 2. The van der Waals surface area contributed by atoms with Crippen molar-refractivity contribution in [2.75, 3.05) is 13.2 Å². The standard InChI is InChI=1S/C31H38N2O3/c1-22(2)19-32-31(35)29(18-26-11-7-6-8-12-26)33(20-27-13-9-10-23(3)15-27)30(34)21-36-28-16-24(4)14-25(5)17-28/h6-17,22,29H,18-21H2,1-5H3,(H,32,35)/t29-/m1/s1. The first-order valence-electron chi connectivity index (χ1n) is 12.6. The van der Waals surface area contributed by atoms with E-state index in [1.807, 2.05) is 81.4 Å². The van der Waals surface area contributed by atoms with Crippen LogP contribution in [0.1, 0.15) is 41.7 Å². The average Bonchev–Trinajstić information content (AvgIpc) is 2.83. The molecule has 0 spiro atoms. The van der Waals surface area contributed by atoms with E-state index >= 15 is 0 Å². The van der Waals surface area contributed by atoms with E-state index in [4.69, 9.17) is 4.74 Å². The van der Waals surface area contributed by atoms with Crippen molar-refractivity contribution in [1.82, 2.24) is 10.2 Å². The molecule has 0 bridgehead atoms. The molecule has 0 aliphatic carbocycles. The molecule has 190 valence electrons. The van der Waals surface area contributed by atoms with Crippen LogP contribution in [0.25, 0.3) is 0 Å². The van der Waals surface area contributed by atoms with E-state index < -0.39 is 6.04 Å². The minimum atomic E-state index is -0.665. The Morgan fingerprint density at radius 1 is 0.833 bits per heavy atom. The van der Waals surface area contributed by atoms with E-state index in [0.29, 0.717) is 31.2 Å². The zero-order chi connectivity index (χ0) is 26.1. The molecule has 3 aromatic rings. The van der Waals surface area contributed by atoms with Crippen molar-refractivity contribution in [3.8, 4) is 5.75 Å². The maximum atomic E-state index is 13.7. The van der Waals surface area contributed by atoms with Gasteiger partial charge in [-0.15, -0.1) is 0 Å². The molecule has 0 radical (unpaired) electrons. The van der Waals surface area contributed by atoms with Gasteiger partial charge in [-0.25, -0.2) is 0 Å². The Kier molecular flexibility index (Phi) is 9.69. The largest absolute Gasteiger partial charge is 0.484 e. The fraction of sp³-hybridized carbons (Fsp3) is 0.355. The third-order valence-electron chi connectivity index (χ3n) is 5.95. The van der Waals surface area contributed by atoms with Gasteiger partial charge in [0.1, 0.15) is 11.8 Å². The monoisotopic (exact) mass is 486 g/mol. The summed E-state index contributed by atoms with van der Waals surface area (Å²) in [6.45, 7) is 10.9. The van der Waals surface area contributed by atoms with Crippen LogP contribution in [0.4, 0.5) is 0 Å².